The van der Waals surface area contributed by atoms with E-state index in [-0.39, 0.29) is 5.78 Å². The third-order valence-electron chi connectivity index (χ3n) is 3.12. The summed E-state index contributed by atoms with van der Waals surface area (Å²) in [5.74, 6) is 0.371. The van der Waals surface area contributed by atoms with Gasteiger partial charge in [0.15, 0.2) is 5.78 Å². The number of carbonyl (C=O) groups excluding carboxylic acids is 1. The van der Waals surface area contributed by atoms with Crippen LogP contribution in [0.3, 0.4) is 0 Å². The van der Waals surface area contributed by atoms with Crippen molar-refractivity contribution in [1.29, 1.82) is 0 Å². The smallest absolute Gasteiger partial charge is 0.196 e. The second kappa shape index (κ2) is 5.09. The van der Waals surface area contributed by atoms with Crippen molar-refractivity contribution in [3.05, 3.63) is 66.1 Å². The first kappa shape index (κ1) is 12.3. The van der Waals surface area contributed by atoms with Gasteiger partial charge in [-0.1, -0.05) is 18.2 Å². The number of benzene rings is 1. The molecule has 2 heterocycles. The summed E-state index contributed by atoms with van der Waals surface area (Å²) in [6.07, 6.45) is 4.82. The van der Waals surface area contributed by atoms with Gasteiger partial charge < -0.3 is 4.74 Å². The van der Waals surface area contributed by atoms with E-state index in [4.69, 9.17) is 4.74 Å². The molecule has 3 aromatic rings. The molecule has 0 aliphatic heterocycles. The van der Waals surface area contributed by atoms with Gasteiger partial charge in [0.1, 0.15) is 5.75 Å². The van der Waals surface area contributed by atoms with Crippen molar-refractivity contribution < 1.29 is 9.53 Å². The molecule has 0 spiro atoms. The van der Waals surface area contributed by atoms with Gasteiger partial charge in [-0.3, -0.25) is 14.8 Å². The van der Waals surface area contributed by atoms with E-state index in [1.54, 1.807) is 30.6 Å². The van der Waals surface area contributed by atoms with Crippen molar-refractivity contribution in [3.8, 4) is 5.75 Å². The lowest BCUT2D eigenvalue weighted by Crippen LogP contribution is -2.04. The Labute approximate surface area is 116 Å². The summed E-state index contributed by atoms with van der Waals surface area (Å²) in [5, 5.41) is 1.01. The Morgan fingerprint density at radius 2 is 2.05 bits per heavy atom. The fraction of sp³-hybridized carbons (Fsp3) is 0.0625. The van der Waals surface area contributed by atoms with Gasteiger partial charge in [-0.25, -0.2) is 0 Å². The lowest BCUT2D eigenvalue weighted by Gasteiger charge is -2.07. The Hall–Kier alpha value is -2.75. The predicted molar refractivity (Wildman–Crippen MR) is 76.0 cm³/mol. The third-order valence-corrected chi connectivity index (χ3v) is 3.12. The highest BCUT2D eigenvalue weighted by atomic mass is 16.5. The first-order valence-electron chi connectivity index (χ1n) is 6.17. The minimum Gasteiger partial charge on any atom is -0.494 e. The minimum atomic E-state index is -0.100. The number of ether oxygens (including phenoxy) is 1. The van der Waals surface area contributed by atoms with Crippen molar-refractivity contribution in [2.24, 2.45) is 0 Å². The fourth-order valence-corrected chi connectivity index (χ4v) is 2.09. The molecule has 0 fully saturated rings. The topological polar surface area (TPSA) is 52.1 Å². The second-order valence-electron chi connectivity index (χ2n) is 4.32. The molecule has 0 atom stereocenters. The average Bonchev–Trinajstić information content (AvgIpc) is 2.53. The van der Waals surface area contributed by atoms with Crippen LogP contribution in [-0.4, -0.2) is 22.9 Å². The summed E-state index contributed by atoms with van der Waals surface area (Å²) in [4.78, 5) is 20.8. The van der Waals surface area contributed by atoms with Crippen molar-refractivity contribution in [1.82, 2.24) is 9.97 Å². The average molecular weight is 264 g/mol. The summed E-state index contributed by atoms with van der Waals surface area (Å²) < 4.78 is 5.18. The molecule has 0 saturated heterocycles. The first-order chi connectivity index (χ1) is 9.79. The second-order valence-corrected chi connectivity index (χ2v) is 4.32. The van der Waals surface area contributed by atoms with Crippen LogP contribution >= 0.6 is 0 Å². The Kier molecular flexibility index (Phi) is 3.13. The van der Waals surface area contributed by atoms with Crippen LogP contribution < -0.4 is 4.74 Å². The van der Waals surface area contributed by atoms with Gasteiger partial charge in [-0.2, -0.15) is 0 Å². The van der Waals surface area contributed by atoms with Crippen LogP contribution in [0.1, 0.15) is 15.9 Å². The molecule has 3 rings (SSSR count). The number of methoxy groups -OCH3 is 1. The molecule has 1 aromatic carbocycles. The molecular formula is C16H12N2O2. The van der Waals surface area contributed by atoms with E-state index in [1.807, 2.05) is 18.2 Å². The molecule has 0 aliphatic rings. The van der Waals surface area contributed by atoms with Crippen LogP contribution in [0.2, 0.25) is 0 Å². The summed E-state index contributed by atoms with van der Waals surface area (Å²) in [7, 11) is 1.52. The lowest BCUT2D eigenvalue weighted by molar-refractivity contribution is 0.103. The van der Waals surface area contributed by atoms with Gasteiger partial charge in [-0.15, -0.1) is 0 Å². The van der Waals surface area contributed by atoms with Gasteiger partial charge in [0.2, 0.25) is 0 Å². The summed E-state index contributed by atoms with van der Waals surface area (Å²) in [5.41, 5.74) is 1.88. The van der Waals surface area contributed by atoms with Crippen LogP contribution in [-0.2, 0) is 0 Å². The number of rotatable bonds is 3. The quantitative estimate of drug-likeness (QED) is 0.682. The van der Waals surface area contributed by atoms with Gasteiger partial charge >= 0.3 is 0 Å². The monoisotopic (exact) mass is 264 g/mol. The third kappa shape index (κ3) is 2.12. The first-order valence-corrected chi connectivity index (χ1v) is 6.17. The van der Waals surface area contributed by atoms with Crippen molar-refractivity contribution in [2.45, 2.75) is 0 Å². The molecule has 0 saturated carbocycles. The van der Waals surface area contributed by atoms with Crippen LogP contribution in [0.25, 0.3) is 10.9 Å². The van der Waals surface area contributed by atoms with E-state index < -0.39 is 0 Å². The van der Waals surface area contributed by atoms with Crippen LogP contribution in [0.5, 0.6) is 5.75 Å². The summed E-state index contributed by atoms with van der Waals surface area (Å²) in [6, 6.07) is 11.0. The summed E-state index contributed by atoms with van der Waals surface area (Å²) in [6.45, 7) is 0. The van der Waals surface area contributed by atoms with Gasteiger partial charge in [-0.05, 0) is 18.2 Å². The molecule has 4 heteroatoms. The molecule has 0 N–H and O–H groups in total. The van der Waals surface area contributed by atoms with E-state index in [0.29, 0.717) is 16.9 Å². The van der Waals surface area contributed by atoms with E-state index in [1.165, 1.54) is 13.3 Å². The van der Waals surface area contributed by atoms with Gasteiger partial charge in [0, 0.05) is 23.3 Å². The molecule has 4 nitrogen and oxygen atoms in total. The van der Waals surface area contributed by atoms with Crippen LogP contribution in [0.15, 0.2) is 55.0 Å². The number of aromatic nitrogens is 2. The molecule has 0 radical (unpaired) electrons. The predicted octanol–water partition coefficient (Wildman–Crippen LogP) is 2.87. The number of ketones is 1. The SMILES string of the molecule is COc1cnccc1C(=O)c1ccc2cccnc2c1. The molecule has 0 unspecified atom stereocenters. The fourth-order valence-electron chi connectivity index (χ4n) is 2.09. The number of pyridine rings is 2. The zero-order chi connectivity index (χ0) is 13.9. The molecule has 0 bridgehead atoms. The van der Waals surface area contributed by atoms with Gasteiger partial charge in [0.25, 0.3) is 0 Å². The van der Waals surface area contributed by atoms with Gasteiger partial charge in [0.05, 0.1) is 24.4 Å². The highest BCUT2D eigenvalue weighted by molar-refractivity contribution is 6.11. The number of fused-ring (bicyclic) bond motifs is 1. The maximum atomic E-state index is 12.5. The molecule has 98 valence electrons. The number of nitrogens with zero attached hydrogens (tertiary/aromatic N) is 2. The van der Waals surface area contributed by atoms with Crippen LogP contribution in [0.4, 0.5) is 0 Å². The van der Waals surface area contributed by atoms with Crippen LogP contribution in [0, 0.1) is 0 Å². The minimum absolute atomic E-state index is 0.100. The Morgan fingerprint density at radius 1 is 1.15 bits per heavy atom. The van der Waals surface area contributed by atoms with Crippen molar-refractivity contribution >= 4 is 16.7 Å². The largest absolute Gasteiger partial charge is 0.494 e. The number of hydrogen-bond acceptors (Lipinski definition) is 4. The highest BCUT2D eigenvalue weighted by Gasteiger charge is 2.14. The maximum absolute atomic E-state index is 12.5. The Balaban J connectivity index is 2.08. The number of hydrogen-bond donors (Lipinski definition) is 0. The van der Waals surface area contributed by atoms with E-state index in [9.17, 15) is 4.79 Å². The molecule has 0 aliphatic carbocycles. The number of carbonyl (C=O) groups is 1. The summed E-state index contributed by atoms with van der Waals surface area (Å²) >= 11 is 0. The lowest BCUT2D eigenvalue weighted by atomic mass is 10.0. The van der Waals surface area contributed by atoms with E-state index >= 15 is 0 Å². The van der Waals surface area contributed by atoms with Crippen molar-refractivity contribution in [2.75, 3.05) is 7.11 Å². The maximum Gasteiger partial charge on any atom is 0.196 e. The zero-order valence-corrected chi connectivity index (χ0v) is 10.9. The molecule has 2 aromatic heterocycles. The van der Waals surface area contributed by atoms with E-state index in [2.05, 4.69) is 9.97 Å². The van der Waals surface area contributed by atoms with Crippen molar-refractivity contribution in [3.63, 3.8) is 0 Å². The standard InChI is InChI=1S/C16H12N2O2/c1-20-15-10-17-8-6-13(15)16(19)12-5-4-11-3-2-7-18-14(11)9-12/h2-10H,1H3. The van der Waals surface area contributed by atoms with E-state index in [0.717, 1.165) is 10.9 Å². The zero-order valence-electron chi connectivity index (χ0n) is 10.9. The molecule has 0 amide bonds. The molecular weight excluding hydrogens is 252 g/mol. The molecule has 20 heavy (non-hydrogen) atoms. The highest BCUT2D eigenvalue weighted by Crippen LogP contribution is 2.21. The normalized spacial score (nSPS) is 10.4. The Morgan fingerprint density at radius 3 is 2.90 bits per heavy atom. The Bertz CT molecular complexity index is 784.